The van der Waals surface area contributed by atoms with Crippen molar-refractivity contribution >= 4 is 23.5 Å². The number of carbonyl (C=O) groups is 2. The van der Waals surface area contributed by atoms with Gasteiger partial charge in [-0.25, -0.2) is 9.97 Å². The normalized spacial score (nSPS) is 12.9. The molecule has 4 heterocycles. The summed E-state index contributed by atoms with van der Waals surface area (Å²) in [6, 6.07) is 5.60. The van der Waals surface area contributed by atoms with Gasteiger partial charge in [-0.3, -0.25) is 14.3 Å². The lowest BCUT2D eigenvalue weighted by Crippen LogP contribution is -2.38. The third-order valence-corrected chi connectivity index (χ3v) is 4.90. The molecule has 10 heteroatoms. The maximum atomic E-state index is 12.7. The van der Waals surface area contributed by atoms with Crippen molar-refractivity contribution in [3.05, 3.63) is 53.9 Å². The van der Waals surface area contributed by atoms with E-state index in [0.717, 1.165) is 30.0 Å². The van der Waals surface area contributed by atoms with Gasteiger partial charge in [0.2, 0.25) is 5.91 Å². The SMILES string of the molecule is Cc1cc(Nc2ccc3c(n2)C(=O)N(CC(=O)NCCCn2ccnc2)C3)n(C)n1. The summed E-state index contributed by atoms with van der Waals surface area (Å²) >= 11 is 0. The van der Waals surface area contributed by atoms with Gasteiger partial charge >= 0.3 is 0 Å². The van der Waals surface area contributed by atoms with Crippen molar-refractivity contribution in [2.24, 2.45) is 7.05 Å². The molecule has 1 aliphatic heterocycles. The average molecular weight is 408 g/mol. The maximum Gasteiger partial charge on any atom is 0.273 e. The first kappa shape index (κ1) is 19.6. The van der Waals surface area contributed by atoms with E-state index >= 15 is 0 Å². The first-order chi connectivity index (χ1) is 14.5. The standard InChI is InChI=1S/C20H24N8O2/c1-14-10-17(26(2)25-14)23-16-5-4-15-11-28(20(30)19(15)24-16)12-18(29)22-6-3-8-27-9-7-21-13-27/h4-5,7,9-10,13H,3,6,8,11-12H2,1-2H3,(H,22,29)(H,23,24). The topological polar surface area (TPSA) is 110 Å². The van der Waals surface area contributed by atoms with Gasteiger partial charge in [-0.05, 0) is 19.4 Å². The third-order valence-electron chi connectivity index (χ3n) is 4.90. The molecule has 3 aromatic rings. The molecule has 0 atom stereocenters. The molecular formula is C20H24N8O2. The van der Waals surface area contributed by atoms with E-state index in [-0.39, 0.29) is 18.4 Å². The zero-order chi connectivity index (χ0) is 21.1. The fourth-order valence-corrected chi connectivity index (χ4v) is 3.42. The van der Waals surface area contributed by atoms with Crippen LogP contribution in [0.2, 0.25) is 0 Å². The van der Waals surface area contributed by atoms with E-state index in [1.165, 1.54) is 4.90 Å². The number of nitrogens with one attached hydrogen (secondary N) is 2. The molecule has 1 aliphatic rings. The van der Waals surface area contributed by atoms with E-state index in [9.17, 15) is 9.59 Å². The Labute approximate surface area is 173 Å². The van der Waals surface area contributed by atoms with Crippen LogP contribution < -0.4 is 10.6 Å². The predicted octanol–water partition coefficient (Wildman–Crippen LogP) is 1.23. The maximum absolute atomic E-state index is 12.7. The number of fused-ring (bicyclic) bond motifs is 1. The fourth-order valence-electron chi connectivity index (χ4n) is 3.42. The Morgan fingerprint density at radius 3 is 2.90 bits per heavy atom. The molecule has 2 N–H and O–H groups in total. The Kier molecular flexibility index (Phi) is 5.46. The second-order valence-corrected chi connectivity index (χ2v) is 7.29. The van der Waals surface area contributed by atoms with Crippen LogP contribution in [0.5, 0.6) is 0 Å². The lowest BCUT2D eigenvalue weighted by molar-refractivity contribution is -0.121. The highest BCUT2D eigenvalue weighted by Crippen LogP contribution is 2.24. The third kappa shape index (κ3) is 4.32. The van der Waals surface area contributed by atoms with Crippen LogP contribution in [0.15, 0.2) is 36.9 Å². The van der Waals surface area contributed by atoms with Gasteiger partial charge < -0.3 is 20.1 Å². The summed E-state index contributed by atoms with van der Waals surface area (Å²) in [7, 11) is 1.84. The van der Waals surface area contributed by atoms with Crippen LogP contribution in [0.4, 0.5) is 11.6 Å². The minimum absolute atomic E-state index is 0.0178. The average Bonchev–Trinajstić information content (AvgIpc) is 3.41. The molecule has 0 fully saturated rings. The number of amides is 2. The molecule has 0 radical (unpaired) electrons. The van der Waals surface area contributed by atoms with E-state index < -0.39 is 0 Å². The summed E-state index contributed by atoms with van der Waals surface area (Å²) in [6.45, 7) is 3.64. The van der Waals surface area contributed by atoms with Crippen LogP contribution in [-0.2, 0) is 24.9 Å². The number of anilines is 2. The van der Waals surface area contributed by atoms with Gasteiger partial charge in [0.15, 0.2) is 0 Å². The number of hydrogen-bond donors (Lipinski definition) is 2. The molecule has 3 aromatic heterocycles. The van der Waals surface area contributed by atoms with E-state index in [2.05, 4.69) is 25.7 Å². The molecule has 10 nitrogen and oxygen atoms in total. The van der Waals surface area contributed by atoms with Crippen LogP contribution in [0.1, 0.15) is 28.2 Å². The van der Waals surface area contributed by atoms with Crippen molar-refractivity contribution in [1.29, 1.82) is 0 Å². The number of nitrogens with zero attached hydrogens (tertiary/aromatic N) is 6. The highest BCUT2D eigenvalue weighted by atomic mass is 16.2. The monoisotopic (exact) mass is 408 g/mol. The first-order valence-electron chi connectivity index (χ1n) is 9.79. The van der Waals surface area contributed by atoms with Crippen LogP contribution in [-0.4, -0.2) is 54.1 Å². The minimum atomic E-state index is -0.233. The smallest absolute Gasteiger partial charge is 0.273 e. The summed E-state index contributed by atoms with van der Waals surface area (Å²) in [6.07, 6.45) is 6.14. The van der Waals surface area contributed by atoms with Crippen molar-refractivity contribution in [3.63, 3.8) is 0 Å². The van der Waals surface area contributed by atoms with Crippen LogP contribution in [0.3, 0.4) is 0 Å². The quantitative estimate of drug-likeness (QED) is 0.543. The summed E-state index contributed by atoms with van der Waals surface area (Å²) in [5.74, 6) is 0.946. The van der Waals surface area contributed by atoms with Gasteiger partial charge in [0.25, 0.3) is 5.91 Å². The molecule has 2 amide bonds. The van der Waals surface area contributed by atoms with Gasteiger partial charge in [0, 0.05) is 50.7 Å². The van der Waals surface area contributed by atoms with Gasteiger partial charge in [-0.1, -0.05) is 6.07 Å². The Balaban J connectivity index is 1.30. The van der Waals surface area contributed by atoms with Gasteiger partial charge in [0.1, 0.15) is 23.9 Å². The highest BCUT2D eigenvalue weighted by Gasteiger charge is 2.30. The second-order valence-electron chi connectivity index (χ2n) is 7.29. The molecule has 0 saturated carbocycles. The summed E-state index contributed by atoms with van der Waals surface area (Å²) in [5.41, 5.74) is 2.09. The molecule has 30 heavy (non-hydrogen) atoms. The lowest BCUT2D eigenvalue weighted by atomic mass is 10.2. The van der Waals surface area contributed by atoms with Crippen LogP contribution in [0, 0.1) is 6.92 Å². The van der Waals surface area contributed by atoms with E-state index in [1.54, 1.807) is 17.2 Å². The number of hydrogen-bond acceptors (Lipinski definition) is 6. The van der Waals surface area contributed by atoms with E-state index in [1.807, 2.05) is 42.9 Å². The summed E-state index contributed by atoms with van der Waals surface area (Å²) in [4.78, 5) is 34.9. The van der Waals surface area contributed by atoms with Gasteiger partial charge in [-0.2, -0.15) is 5.10 Å². The number of rotatable bonds is 8. The highest BCUT2D eigenvalue weighted by molar-refractivity contribution is 5.99. The molecule has 0 saturated heterocycles. The molecule has 156 valence electrons. The van der Waals surface area contributed by atoms with Gasteiger partial charge in [0.05, 0.1) is 12.0 Å². The van der Waals surface area contributed by atoms with Gasteiger partial charge in [-0.15, -0.1) is 0 Å². The zero-order valence-electron chi connectivity index (χ0n) is 17.0. The number of aryl methyl sites for hydroxylation is 3. The molecule has 0 spiro atoms. The predicted molar refractivity (Wildman–Crippen MR) is 110 cm³/mol. The molecule has 0 bridgehead atoms. The molecule has 0 aliphatic carbocycles. The van der Waals surface area contributed by atoms with Crippen molar-refractivity contribution in [2.45, 2.75) is 26.4 Å². The molecule has 0 aromatic carbocycles. The Bertz CT molecular complexity index is 1060. The Hall–Kier alpha value is -3.69. The number of aromatic nitrogens is 5. The second kappa shape index (κ2) is 8.36. The van der Waals surface area contributed by atoms with E-state index in [4.69, 9.17) is 0 Å². The first-order valence-corrected chi connectivity index (χ1v) is 9.79. The molecule has 4 rings (SSSR count). The summed E-state index contributed by atoms with van der Waals surface area (Å²) < 4.78 is 3.67. The number of imidazole rings is 1. The zero-order valence-corrected chi connectivity index (χ0v) is 17.0. The van der Waals surface area contributed by atoms with Crippen molar-refractivity contribution in [2.75, 3.05) is 18.4 Å². The largest absolute Gasteiger partial charge is 0.354 e. The van der Waals surface area contributed by atoms with Crippen LogP contribution in [0.25, 0.3) is 0 Å². The fraction of sp³-hybridized carbons (Fsp3) is 0.350. The van der Waals surface area contributed by atoms with E-state index in [0.29, 0.717) is 24.6 Å². The molecule has 0 unspecified atom stereocenters. The Morgan fingerprint density at radius 2 is 2.17 bits per heavy atom. The van der Waals surface area contributed by atoms with Crippen molar-refractivity contribution in [3.8, 4) is 0 Å². The number of pyridine rings is 1. The Morgan fingerprint density at radius 1 is 1.30 bits per heavy atom. The van der Waals surface area contributed by atoms with Crippen molar-refractivity contribution in [1.82, 2.24) is 34.5 Å². The summed E-state index contributed by atoms with van der Waals surface area (Å²) in [5, 5.41) is 10.3. The lowest BCUT2D eigenvalue weighted by Gasteiger charge is -2.14. The van der Waals surface area contributed by atoms with Crippen LogP contribution >= 0.6 is 0 Å². The van der Waals surface area contributed by atoms with Crippen molar-refractivity contribution < 1.29 is 9.59 Å². The number of carbonyl (C=O) groups excluding carboxylic acids is 2. The molecular weight excluding hydrogens is 384 g/mol. The minimum Gasteiger partial charge on any atom is -0.354 e.